The van der Waals surface area contributed by atoms with Gasteiger partial charge in [0.1, 0.15) is 0 Å². The topological polar surface area (TPSA) is 45.0 Å². The van der Waals surface area contributed by atoms with E-state index in [9.17, 15) is 0 Å². The van der Waals surface area contributed by atoms with Crippen LogP contribution in [0.25, 0.3) is 0 Å². The van der Waals surface area contributed by atoms with E-state index in [2.05, 4.69) is 47.3 Å². The first-order chi connectivity index (χ1) is 8.28. The highest BCUT2D eigenvalue weighted by Crippen LogP contribution is 2.09. The van der Waals surface area contributed by atoms with Crippen molar-refractivity contribution in [3.8, 4) is 0 Å². The Labute approximate surface area is 102 Å². The van der Waals surface area contributed by atoms with Crippen LogP contribution in [0.5, 0.6) is 0 Å². The highest BCUT2D eigenvalue weighted by Gasteiger charge is 2.02. The Balaban J connectivity index is 1.95. The number of nitrogens with one attached hydrogen (secondary N) is 1. The van der Waals surface area contributed by atoms with Crippen LogP contribution < -0.4 is 5.73 Å². The molecule has 0 aliphatic heterocycles. The maximum atomic E-state index is 5.64. The largest absolute Gasteiger partial charge is 0.364 e. The standard InChI is InChI=1S/C14H19N3/c1-17(11-14-6-3-7-16-14)10-13-5-2-4-12(8-13)9-15/h2-8,16H,9-11,15H2,1H3. The molecule has 0 fully saturated rings. The summed E-state index contributed by atoms with van der Waals surface area (Å²) in [4.78, 5) is 5.49. The molecule has 0 amide bonds. The molecule has 3 nitrogen and oxygen atoms in total. The Morgan fingerprint density at radius 1 is 1.12 bits per heavy atom. The fourth-order valence-electron chi connectivity index (χ4n) is 1.98. The summed E-state index contributed by atoms with van der Waals surface area (Å²) in [6.45, 7) is 2.47. The van der Waals surface area contributed by atoms with E-state index in [1.807, 2.05) is 12.3 Å². The maximum absolute atomic E-state index is 5.64. The molecule has 3 N–H and O–H groups in total. The number of benzene rings is 1. The van der Waals surface area contributed by atoms with Crippen molar-refractivity contribution in [1.29, 1.82) is 0 Å². The van der Waals surface area contributed by atoms with Crippen LogP contribution in [0.2, 0.25) is 0 Å². The molecule has 0 radical (unpaired) electrons. The van der Waals surface area contributed by atoms with Crippen molar-refractivity contribution in [1.82, 2.24) is 9.88 Å². The number of rotatable bonds is 5. The molecule has 17 heavy (non-hydrogen) atoms. The van der Waals surface area contributed by atoms with Crippen LogP contribution in [0, 0.1) is 0 Å². The molecule has 0 saturated carbocycles. The summed E-state index contributed by atoms with van der Waals surface area (Å²) >= 11 is 0. The summed E-state index contributed by atoms with van der Waals surface area (Å²) in [6.07, 6.45) is 1.96. The van der Waals surface area contributed by atoms with E-state index < -0.39 is 0 Å². The predicted octanol–water partition coefficient (Wildman–Crippen LogP) is 2.11. The fourth-order valence-corrected chi connectivity index (χ4v) is 1.98. The van der Waals surface area contributed by atoms with Gasteiger partial charge in [-0.1, -0.05) is 24.3 Å². The van der Waals surface area contributed by atoms with Gasteiger partial charge in [0.15, 0.2) is 0 Å². The first-order valence-electron chi connectivity index (χ1n) is 5.86. The van der Waals surface area contributed by atoms with Gasteiger partial charge in [-0.25, -0.2) is 0 Å². The third kappa shape index (κ3) is 3.44. The minimum atomic E-state index is 0.605. The molecule has 0 aliphatic rings. The highest BCUT2D eigenvalue weighted by molar-refractivity contribution is 5.23. The lowest BCUT2D eigenvalue weighted by Crippen LogP contribution is -2.17. The molecular weight excluding hydrogens is 210 g/mol. The first kappa shape index (κ1) is 11.9. The van der Waals surface area contributed by atoms with Crippen molar-refractivity contribution in [2.75, 3.05) is 7.05 Å². The number of nitrogens with two attached hydrogens (primary N) is 1. The van der Waals surface area contributed by atoms with Gasteiger partial charge in [0.05, 0.1) is 0 Å². The molecule has 0 spiro atoms. The van der Waals surface area contributed by atoms with Gasteiger partial charge in [-0.15, -0.1) is 0 Å². The molecule has 3 heteroatoms. The zero-order valence-electron chi connectivity index (χ0n) is 10.2. The van der Waals surface area contributed by atoms with Crippen LogP contribution in [0.15, 0.2) is 42.6 Å². The maximum Gasteiger partial charge on any atom is 0.0385 e. The number of aromatic nitrogens is 1. The van der Waals surface area contributed by atoms with Crippen LogP contribution in [0.3, 0.4) is 0 Å². The van der Waals surface area contributed by atoms with Gasteiger partial charge in [-0.05, 0) is 30.3 Å². The second-order valence-corrected chi connectivity index (χ2v) is 4.39. The number of nitrogens with zero attached hydrogens (tertiary/aromatic N) is 1. The first-order valence-corrected chi connectivity index (χ1v) is 5.86. The number of aromatic amines is 1. The van der Waals surface area contributed by atoms with E-state index in [0.29, 0.717) is 6.54 Å². The van der Waals surface area contributed by atoms with Gasteiger partial charge in [0, 0.05) is 31.5 Å². The molecule has 0 aliphatic carbocycles. The summed E-state index contributed by atoms with van der Waals surface area (Å²) in [5.74, 6) is 0. The molecule has 1 heterocycles. The minimum Gasteiger partial charge on any atom is -0.364 e. The molecule has 90 valence electrons. The van der Waals surface area contributed by atoms with Crippen LogP contribution in [-0.2, 0) is 19.6 Å². The van der Waals surface area contributed by atoms with Gasteiger partial charge in [-0.2, -0.15) is 0 Å². The van der Waals surface area contributed by atoms with Crippen molar-refractivity contribution in [2.45, 2.75) is 19.6 Å². The normalized spacial score (nSPS) is 11.0. The molecular formula is C14H19N3. The van der Waals surface area contributed by atoms with E-state index in [-0.39, 0.29) is 0 Å². The molecule has 0 atom stereocenters. The van der Waals surface area contributed by atoms with Crippen molar-refractivity contribution in [2.24, 2.45) is 5.73 Å². The average molecular weight is 229 g/mol. The fraction of sp³-hybridized carbons (Fsp3) is 0.286. The molecule has 2 rings (SSSR count). The smallest absolute Gasteiger partial charge is 0.0385 e. The molecule has 1 aromatic heterocycles. The lowest BCUT2D eigenvalue weighted by molar-refractivity contribution is 0.315. The minimum absolute atomic E-state index is 0.605. The van der Waals surface area contributed by atoms with Gasteiger partial charge < -0.3 is 10.7 Å². The summed E-state index contributed by atoms with van der Waals surface area (Å²) in [5.41, 5.74) is 9.38. The highest BCUT2D eigenvalue weighted by atomic mass is 15.1. The molecule has 2 aromatic rings. The quantitative estimate of drug-likeness (QED) is 0.824. The van der Waals surface area contributed by atoms with Crippen molar-refractivity contribution in [3.05, 3.63) is 59.4 Å². The Morgan fingerprint density at radius 2 is 1.94 bits per heavy atom. The third-order valence-corrected chi connectivity index (χ3v) is 2.78. The average Bonchev–Trinajstić information content (AvgIpc) is 2.82. The van der Waals surface area contributed by atoms with Crippen molar-refractivity contribution < 1.29 is 0 Å². The van der Waals surface area contributed by atoms with Crippen LogP contribution >= 0.6 is 0 Å². The van der Waals surface area contributed by atoms with Crippen LogP contribution in [0.4, 0.5) is 0 Å². The van der Waals surface area contributed by atoms with E-state index in [1.54, 1.807) is 0 Å². The summed E-state index contributed by atoms with van der Waals surface area (Å²) in [5, 5.41) is 0. The number of hydrogen-bond donors (Lipinski definition) is 2. The number of hydrogen-bond acceptors (Lipinski definition) is 2. The molecule has 0 unspecified atom stereocenters. The summed E-state index contributed by atoms with van der Waals surface area (Å²) in [6, 6.07) is 12.6. The third-order valence-electron chi connectivity index (χ3n) is 2.78. The van der Waals surface area contributed by atoms with E-state index in [4.69, 9.17) is 5.73 Å². The van der Waals surface area contributed by atoms with Crippen molar-refractivity contribution in [3.63, 3.8) is 0 Å². The van der Waals surface area contributed by atoms with Crippen LogP contribution in [0.1, 0.15) is 16.8 Å². The second kappa shape index (κ2) is 5.66. The molecule has 0 bridgehead atoms. The predicted molar refractivity (Wildman–Crippen MR) is 70.3 cm³/mol. The summed E-state index contributed by atoms with van der Waals surface area (Å²) in [7, 11) is 2.12. The Morgan fingerprint density at radius 3 is 2.65 bits per heavy atom. The van der Waals surface area contributed by atoms with E-state index >= 15 is 0 Å². The molecule has 0 saturated heterocycles. The van der Waals surface area contributed by atoms with Gasteiger partial charge in [-0.3, -0.25) is 4.90 Å². The second-order valence-electron chi connectivity index (χ2n) is 4.39. The van der Waals surface area contributed by atoms with Gasteiger partial charge >= 0.3 is 0 Å². The number of H-pyrrole nitrogens is 1. The lowest BCUT2D eigenvalue weighted by atomic mass is 10.1. The van der Waals surface area contributed by atoms with E-state index in [1.165, 1.54) is 16.8 Å². The van der Waals surface area contributed by atoms with Crippen LogP contribution in [-0.4, -0.2) is 16.9 Å². The van der Waals surface area contributed by atoms with Crippen molar-refractivity contribution >= 4 is 0 Å². The zero-order chi connectivity index (χ0) is 12.1. The van der Waals surface area contributed by atoms with E-state index in [0.717, 1.165) is 13.1 Å². The van der Waals surface area contributed by atoms with Gasteiger partial charge in [0.25, 0.3) is 0 Å². The monoisotopic (exact) mass is 229 g/mol. The Hall–Kier alpha value is -1.58. The summed E-state index contributed by atoms with van der Waals surface area (Å²) < 4.78 is 0. The Kier molecular flexibility index (Phi) is 3.96. The lowest BCUT2D eigenvalue weighted by Gasteiger charge is -2.16. The SMILES string of the molecule is CN(Cc1cccc(CN)c1)Cc1ccc[nH]1. The molecule has 1 aromatic carbocycles. The zero-order valence-corrected chi connectivity index (χ0v) is 10.2. The van der Waals surface area contributed by atoms with Gasteiger partial charge in [0.2, 0.25) is 0 Å². The Bertz CT molecular complexity index is 448.